The van der Waals surface area contributed by atoms with Crippen molar-refractivity contribution in [1.82, 2.24) is 4.31 Å². The fraction of sp³-hybridized carbons (Fsp3) is 0.357. The third-order valence-corrected chi connectivity index (χ3v) is 5.20. The Bertz CT molecular complexity index is 618. The highest BCUT2D eigenvalue weighted by Gasteiger charge is 2.29. The first-order valence-electron chi connectivity index (χ1n) is 6.24. The van der Waals surface area contributed by atoms with E-state index >= 15 is 0 Å². The van der Waals surface area contributed by atoms with Crippen molar-refractivity contribution in [1.29, 1.82) is 0 Å². The zero-order chi connectivity index (χ0) is 14.6. The fourth-order valence-corrected chi connectivity index (χ4v) is 3.56. The van der Waals surface area contributed by atoms with Gasteiger partial charge in [-0.15, -0.1) is 5.73 Å². The molecule has 1 atom stereocenters. The summed E-state index contributed by atoms with van der Waals surface area (Å²) in [5.74, 6) is 0. The average Bonchev–Trinajstić information content (AvgIpc) is 2.46. The smallest absolute Gasteiger partial charge is 0.243 e. The van der Waals surface area contributed by atoms with Crippen molar-refractivity contribution in [3.8, 4) is 0 Å². The lowest BCUT2D eigenvalue weighted by Crippen LogP contribution is -2.44. The van der Waals surface area contributed by atoms with E-state index in [1.165, 1.54) is 4.31 Å². The Morgan fingerprint density at radius 3 is 2.75 bits per heavy atom. The zero-order valence-corrected chi connectivity index (χ0v) is 13.5. The van der Waals surface area contributed by atoms with E-state index in [-0.39, 0.29) is 6.10 Å². The minimum Gasteiger partial charge on any atom is -0.371 e. The Morgan fingerprint density at radius 2 is 2.10 bits per heavy atom. The molecule has 0 N–H and O–H groups in total. The molecule has 2 rings (SSSR count). The molecule has 1 fully saturated rings. The van der Waals surface area contributed by atoms with E-state index in [9.17, 15) is 8.42 Å². The summed E-state index contributed by atoms with van der Waals surface area (Å²) in [4.78, 5) is 1.91. The lowest BCUT2D eigenvalue weighted by Gasteiger charge is -2.30. The highest BCUT2D eigenvalue weighted by molar-refractivity contribution is 9.11. The van der Waals surface area contributed by atoms with Crippen molar-refractivity contribution in [2.45, 2.75) is 17.9 Å². The Hall–Kier alpha value is -0.910. The molecule has 6 heteroatoms. The molecule has 1 saturated heterocycles. The SMILES string of the molecule is Cc1ccc(S(=O)(=O)N2CCO[C@H](C=C=CBr)C2)cc1. The van der Waals surface area contributed by atoms with Crippen LogP contribution in [0.2, 0.25) is 0 Å². The largest absolute Gasteiger partial charge is 0.371 e. The molecule has 0 unspecified atom stereocenters. The lowest BCUT2D eigenvalue weighted by molar-refractivity contribution is 0.0269. The molecule has 108 valence electrons. The number of benzene rings is 1. The molecule has 0 bridgehead atoms. The summed E-state index contributed by atoms with van der Waals surface area (Å²) in [7, 11) is -3.45. The summed E-state index contributed by atoms with van der Waals surface area (Å²) in [6.45, 7) is 3.00. The van der Waals surface area contributed by atoms with E-state index in [2.05, 4.69) is 21.7 Å². The Labute approximate surface area is 127 Å². The first kappa shape index (κ1) is 15.5. The van der Waals surface area contributed by atoms with Crippen molar-refractivity contribution >= 4 is 26.0 Å². The maximum atomic E-state index is 12.5. The number of ether oxygens (including phenoxy) is 1. The average molecular weight is 358 g/mol. The number of hydrogen-bond acceptors (Lipinski definition) is 3. The number of nitrogens with zero attached hydrogens (tertiary/aromatic N) is 1. The molecule has 0 aliphatic carbocycles. The van der Waals surface area contributed by atoms with E-state index in [0.717, 1.165) is 5.56 Å². The van der Waals surface area contributed by atoms with Gasteiger partial charge in [0, 0.05) is 18.1 Å². The summed E-state index contributed by atoms with van der Waals surface area (Å²) >= 11 is 3.12. The fourth-order valence-electron chi connectivity index (χ4n) is 1.97. The van der Waals surface area contributed by atoms with Crippen LogP contribution in [0.4, 0.5) is 0 Å². The molecule has 20 heavy (non-hydrogen) atoms. The molecule has 0 amide bonds. The van der Waals surface area contributed by atoms with Crippen LogP contribution in [0.3, 0.4) is 0 Å². The van der Waals surface area contributed by atoms with Gasteiger partial charge in [-0.2, -0.15) is 4.31 Å². The second-order valence-electron chi connectivity index (χ2n) is 4.53. The van der Waals surface area contributed by atoms with Crippen LogP contribution >= 0.6 is 15.9 Å². The van der Waals surface area contributed by atoms with Gasteiger partial charge in [0.2, 0.25) is 10.0 Å². The molecule has 1 heterocycles. The van der Waals surface area contributed by atoms with E-state index in [1.54, 1.807) is 35.3 Å². The third-order valence-electron chi connectivity index (χ3n) is 3.06. The van der Waals surface area contributed by atoms with Crippen molar-refractivity contribution in [2.75, 3.05) is 19.7 Å². The van der Waals surface area contributed by atoms with Crippen LogP contribution in [0.1, 0.15) is 5.56 Å². The van der Waals surface area contributed by atoms with Crippen molar-refractivity contribution < 1.29 is 13.2 Å². The molecule has 0 saturated carbocycles. The number of rotatable bonds is 3. The number of morpholine rings is 1. The van der Waals surface area contributed by atoms with E-state index in [0.29, 0.717) is 24.6 Å². The molecular formula is C14H16BrNO3S. The van der Waals surface area contributed by atoms with Gasteiger partial charge in [-0.1, -0.05) is 33.6 Å². The summed E-state index contributed by atoms with van der Waals surface area (Å²) in [5, 5.41) is 0. The van der Waals surface area contributed by atoms with Crippen LogP contribution in [-0.4, -0.2) is 38.5 Å². The van der Waals surface area contributed by atoms with Crippen LogP contribution in [-0.2, 0) is 14.8 Å². The van der Waals surface area contributed by atoms with Gasteiger partial charge in [0.25, 0.3) is 0 Å². The number of halogens is 1. The molecular weight excluding hydrogens is 342 g/mol. The minimum absolute atomic E-state index is 0.266. The van der Waals surface area contributed by atoms with Gasteiger partial charge < -0.3 is 4.74 Å². The summed E-state index contributed by atoms with van der Waals surface area (Å²) in [5.41, 5.74) is 3.89. The summed E-state index contributed by atoms with van der Waals surface area (Å²) < 4.78 is 32.0. The quantitative estimate of drug-likeness (QED) is 0.780. The van der Waals surface area contributed by atoms with Gasteiger partial charge in [0.05, 0.1) is 17.6 Å². The van der Waals surface area contributed by atoms with Gasteiger partial charge in [-0.25, -0.2) is 8.42 Å². The van der Waals surface area contributed by atoms with Crippen LogP contribution < -0.4 is 0 Å². The Balaban J connectivity index is 2.21. The second-order valence-corrected chi connectivity index (χ2v) is 6.92. The second kappa shape index (κ2) is 6.70. The van der Waals surface area contributed by atoms with Gasteiger partial charge in [0.15, 0.2) is 0 Å². The molecule has 1 aliphatic rings. The highest BCUT2D eigenvalue weighted by Crippen LogP contribution is 2.19. The third kappa shape index (κ3) is 3.59. The standard InChI is InChI=1S/C14H16BrNO3S/c1-12-4-6-14(7-5-12)20(17,18)16-9-10-19-13(11-16)3-2-8-15/h3-8,13H,9-11H2,1H3/t2?,13-/m1/s1. The molecule has 0 spiro atoms. The van der Waals surface area contributed by atoms with Crippen molar-refractivity contribution in [2.24, 2.45) is 0 Å². The van der Waals surface area contributed by atoms with E-state index in [4.69, 9.17) is 4.74 Å². The molecule has 0 aromatic heterocycles. The maximum absolute atomic E-state index is 12.5. The first-order valence-corrected chi connectivity index (χ1v) is 8.59. The Morgan fingerprint density at radius 1 is 1.40 bits per heavy atom. The molecule has 4 nitrogen and oxygen atoms in total. The highest BCUT2D eigenvalue weighted by atomic mass is 79.9. The van der Waals surface area contributed by atoms with Gasteiger partial charge in [-0.05, 0) is 25.1 Å². The van der Waals surface area contributed by atoms with E-state index < -0.39 is 10.0 Å². The maximum Gasteiger partial charge on any atom is 0.243 e. The lowest BCUT2D eigenvalue weighted by atomic mass is 10.2. The van der Waals surface area contributed by atoms with Crippen LogP contribution in [0, 0.1) is 6.92 Å². The first-order chi connectivity index (χ1) is 9.54. The molecule has 0 radical (unpaired) electrons. The Kier molecular flexibility index (Phi) is 5.18. The predicted molar refractivity (Wildman–Crippen MR) is 81.3 cm³/mol. The summed E-state index contributed by atoms with van der Waals surface area (Å²) in [6.07, 6.45) is 1.45. The van der Waals surface area contributed by atoms with E-state index in [1.807, 2.05) is 6.92 Å². The molecule has 1 aliphatic heterocycles. The normalized spacial score (nSPS) is 20.2. The minimum atomic E-state index is -3.45. The molecule has 1 aromatic rings. The van der Waals surface area contributed by atoms with Crippen LogP contribution in [0.15, 0.2) is 46.0 Å². The molecule has 1 aromatic carbocycles. The van der Waals surface area contributed by atoms with Crippen LogP contribution in [0.25, 0.3) is 0 Å². The van der Waals surface area contributed by atoms with Gasteiger partial charge in [0.1, 0.15) is 0 Å². The monoisotopic (exact) mass is 357 g/mol. The van der Waals surface area contributed by atoms with Crippen molar-refractivity contribution in [3.63, 3.8) is 0 Å². The topological polar surface area (TPSA) is 46.6 Å². The van der Waals surface area contributed by atoms with Crippen LogP contribution in [0.5, 0.6) is 0 Å². The number of aryl methyl sites for hydroxylation is 1. The van der Waals surface area contributed by atoms with Crippen molar-refractivity contribution in [3.05, 3.63) is 46.6 Å². The van der Waals surface area contributed by atoms with Gasteiger partial charge in [-0.3, -0.25) is 0 Å². The van der Waals surface area contributed by atoms with Gasteiger partial charge >= 0.3 is 0 Å². The zero-order valence-electron chi connectivity index (χ0n) is 11.1. The number of sulfonamides is 1. The summed E-state index contributed by atoms with van der Waals surface area (Å²) in [6, 6.07) is 6.89. The number of hydrogen-bond donors (Lipinski definition) is 0. The predicted octanol–water partition coefficient (Wildman–Crippen LogP) is 2.45.